The summed E-state index contributed by atoms with van der Waals surface area (Å²) in [6, 6.07) is 4.31. The fourth-order valence-electron chi connectivity index (χ4n) is 1.98. The minimum Gasteiger partial charge on any atom is -0.496 e. The van der Waals surface area contributed by atoms with Crippen molar-refractivity contribution >= 4 is 11.5 Å². The van der Waals surface area contributed by atoms with E-state index < -0.39 is 17.1 Å². The number of hydrogen-bond donors (Lipinski definition) is 0. The van der Waals surface area contributed by atoms with E-state index in [0.717, 1.165) is 0 Å². The van der Waals surface area contributed by atoms with Gasteiger partial charge in [0, 0.05) is 13.0 Å². The summed E-state index contributed by atoms with van der Waals surface area (Å²) in [4.78, 5) is 21.9. The molecular formula is C13H15NO6. The Hall–Kier alpha value is -2.15. The summed E-state index contributed by atoms with van der Waals surface area (Å²) in [5.41, 5.74) is -0.195. The normalized spacial score (nSPS) is 21.2. The first-order valence-corrected chi connectivity index (χ1v) is 6.20. The molecule has 1 aromatic carbocycles. The second kappa shape index (κ2) is 5.87. The van der Waals surface area contributed by atoms with Crippen LogP contribution in [0.2, 0.25) is 0 Å². The van der Waals surface area contributed by atoms with Crippen molar-refractivity contribution in [2.75, 3.05) is 13.7 Å². The van der Waals surface area contributed by atoms with E-state index in [9.17, 15) is 14.9 Å². The number of Topliss-reactive ketones (excluding diaryl/α,β-unsaturated/α-hetero) is 1. The van der Waals surface area contributed by atoms with Crippen molar-refractivity contribution in [3.8, 4) is 11.5 Å². The van der Waals surface area contributed by atoms with Gasteiger partial charge in [-0.1, -0.05) is 0 Å². The molecule has 0 aliphatic heterocycles. The second-order valence-corrected chi connectivity index (χ2v) is 4.29. The van der Waals surface area contributed by atoms with Crippen LogP contribution in [0.25, 0.3) is 0 Å². The maximum absolute atomic E-state index is 11.4. The predicted molar refractivity (Wildman–Crippen MR) is 69.1 cm³/mol. The van der Waals surface area contributed by atoms with Crippen molar-refractivity contribution in [1.82, 2.24) is 0 Å². The van der Waals surface area contributed by atoms with Gasteiger partial charge in [0.05, 0.1) is 18.1 Å². The summed E-state index contributed by atoms with van der Waals surface area (Å²) in [5.74, 6) is 0.432. The molecule has 0 spiro atoms. The van der Waals surface area contributed by atoms with Gasteiger partial charge >= 0.3 is 5.69 Å². The number of ketones is 1. The van der Waals surface area contributed by atoms with Gasteiger partial charge in [0.15, 0.2) is 17.6 Å². The molecule has 1 aliphatic carbocycles. The number of ether oxygens (including phenoxy) is 3. The van der Waals surface area contributed by atoms with Crippen molar-refractivity contribution in [2.45, 2.75) is 25.6 Å². The summed E-state index contributed by atoms with van der Waals surface area (Å²) in [5, 5.41) is 11.0. The Bertz CT molecular complexity index is 530. The highest BCUT2D eigenvalue weighted by molar-refractivity contribution is 5.90. The number of nitro benzene ring substituents is 1. The van der Waals surface area contributed by atoms with Gasteiger partial charge in [-0.15, -0.1) is 0 Å². The van der Waals surface area contributed by atoms with E-state index in [0.29, 0.717) is 12.4 Å². The first-order valence-electron chi connectivity index (χ1n) is 6.20. The Morgan fingerprint density at radius 1 is 1.45 bits per heavy atom. The topological polar surface area (TPSA) is 87.9 Å². The largest absolute Gasteiger partial charge is 0.496 e. The maximum Gasteiger partial charge on any atom is 0.314 e. The summed E-state index contributed by atoms with van der Waals surface area (Å²) < 4.78 is 15.7. The fourth-order valence-corrected chi connectivity index (χ4v) is 1.98. The molecule has 108 valence electrons. The second-order valence-electron chi connectivity index (χ2n) is 4.29. The zero-order chi connectivity index (χ0) is 14.7. The van der Waals surface area contributed by atoms with Crippen LogP contribution in [0, 0.1) is 10.1 Å². The van der Waals surface area contributed by atoms with Crippen molar-refractivity contribution in [3.05, 3.63) is 28.3 Å². The van der Waals surface area contributed by atoms with E-state index in [1.165, 1.54) is 19.2 Å². The number of nitrogens with zero attached hydrogens (tertiary/aromatic N) is 1. The van der Waals surface area contributed by atoms with Crippen molar-refractivity contribution in [2.24, 2.45) is 0 Å². The van der Waals surface area contributed by atoms with Crippen LogP contribution < -0.4 is 9.47 Å². The van der Waals surface area contributed by atoms with Crippen LogP contribution >= 0.6 is 0 Å². The van der Waals surface area contributed by atoms with Gasteiger partial charge in [0.2, 0.25) is 0 Å². The van der Waals surface area contributed by atoms with Crippen LogP contribution in [0.4, 0.5) is 5.69 Å². The van der Waals surface area contributed by atoms with Crippen LogP contribution in [0.3, 0.4) is 0 Å². The third-order valence-corrected chi connectivity index (χ3v) is 3.04. The zero-order valence-electron chi connectivity index (χ0n) is 11.2. The van der Waals surface area contributed by atoms with E-state index in [-0.39, 0.29) is 23.6 Å². The molecule has 1 aliphatic rings. The zero-order valence-corrected chi connectivity index (χ0v) is 11.2. The van der Waals surface area contributed by atoms with Crippen LogP contribution in [-0.2, 0) is 9.53 Å². The fraction of sp³-hybridized carbons (Fsp3) is 0.462. The molecule has 2 rings (SSSR count). The molecular weight excluding hydrogens is 266 g/mol. The van der Waals surface area contributed by atoms with Crippen molar-refractivity contribution in [3.63, 3.8) is 0 Å². The number of hydrogen-bond acceptors (Lipinski definition) is 6. The molecule has 0 bridgehead atoms. The van der Waals surface area contributed by atoms with Crippen LogP contribution in [0.5, 0.6) is 11.5 Å². The van der Waals surface area contributed by atoms with Crippen molar-refractivity contribution in [1.29, 1.82) is 0 Å². The Labute approximate surface area is 115 Å². The molecule has 0 amide bonds. The highest BCUT2D eigenvalue weighted by atomic mass is 16.6. The van der Waals surface area contributed by atoms with E-state index >= 15 is 0 Å². The first kappa shape index (κ1) is 14.3. The number of carbonyl (C=O) groups is 1. The lowest BCUT2D eigenvalue weighted by Crippen LogP contribution is -2.52. The third-order valence-electron chi connectivity index (χ3n) is 3.04. The number of carbonyl (C=O) groups excluding carboxylic acids is 1. The molecule has 0 N–H and O–H groups in total. The summed E-state index contributed by atoms with van der Waals surface area (Å²) in [6.07, 6.45) is -0.912. The Morgan fingerprint density at radius 2 is 2.20 bits per heavy atom. The van der Waals surface area contributed by atoms with Gasteiger partial charge in [-0.05, 0) is 19.1 Å². The molecule has 0 heterocycles. The highest BCUT2D eigenvalue weighted by Gasteiger charge is 2.43. The van der Waals surface area contributed by atoms with Gasteiger partial charge in [-0.2, -0.15) is 0 Å². The van der Waals surface area contributed by atoms with Crippen molar-refractivity contribution < 1.29 is 23.9 Å². The van der Waals surface area contributed by atoms with Crippen LogP contribution in [0.1, 0.15) is 13.3 Å². The lowest BCUT2D eigenvalue weighted by molar-refractivity contribution is -0.386. The van der Waals surface area contributed by atoms with E-state index in [2.05, 4.69) is 0 Å². The number of rotatable bonds is 6. The van der Waals surface area contributed by atoms with Crippen LogP contribution in [0.15, 0.2) is 18.2 Å². The lowest BCUT2D eigenvalue weighted by Gasteiger charge is -2.34. The Balaban J connectivity index is 2.17. The summed E-state index contributed by atoms with van der Waals surface area (Å²) >= 11 is 0. The Kier molecular flexibility index (Phi) is 4.19. The average Bonchev–Trinajstić information content (AvgIpc) is 2.44. The molecule has 1 aromatic rings. The maximum atomic E-state index is 11.4. The monoisotopic (exact) mass is 281 g/mol. The Morgan fingerprint density at radius 3 is 2.75 bits per heavy atom. The van der Waals surface area contributed by atoms with Crippen LogP contribution in [-0.4, -0.2) is 36.6 Å². The number of nitro groups is 1. The van der Waals surface area contributed by atoms with E-state index in [4.69, 9.17) is 14.2 Å². The molecule has 2 unspecified atom stereocenters. The predicted octanol–water partition coefficient (Wildman–Crippen LogP) is 1.73. The highest BCUT2D eigenvalue weighted by Crippen LogP contribution is 2.34. The molecule has 1 saturated carbocycles. The molecule has 0 radical (unpaired) electrons. The smallest absolute Gasteiger partial charge is 0.314 e. The van der Waals surface area contributed by atoms with E-state index in [1.807, 2.05) is 0 Å². The van der Waals surface area contributed by atoms with Gasteiger partial charge < -0.3 is 14.2 Å². The van der Waals surface area contributed by atoms with Gasteiger partial charge in [0.1, 0.15) is 11.9 Å². The first-order chi connectivity index (χ1) is 9.56. The van der Waals surface area contributed by atoms with Gasteiger partial charge in [-0.25, -0.2) is 0 Å². The SMILES string of the molecule is CCOC1C(=O)CC1Oc1ccc(OC)cc1[N+](=O)[O-]. The summed E-state index contributed by atoms with van der Waals surface area (Å²) in [6.45, 7) is 2.17. The minimum atomic E-state index is -0.637. The molecule has 20 heavy (non-hydrogen) atoms. The molecule has 7 nitrogen and oxygen atoms in total. The number of benzene rings is 1. The molecule has 0 aromatic heterocycles. The minimum absolute atomic E-state index is 0.0481. The molecule has 0 saturated heterocycles. The van der Waals surface area contributed by atoms with E-state index in [1.54, 1.807) is 13.0 Å². The van der Waals surface area contributed by atoms with Gasteiger partial charge in [0.25, 0.3) is 0 Å². The number of methoxy groups -OCH3 is 1. The molecule has 2 atom stereocenters. The standard InChI is InChI=1S/C13H15NO6/c1-3-19-13-10(15)7-12(13)20-11-5-4-8(18-2)6-9(11)14(16)17/h4-6,12-13H,3,7H2,1-2H3. The lowest BCUT2D eigenvalue weighted by atomic mass is 9.90. The third kappa shape index (κ3) is 2.72. The quantitative estimate of drug-likeness (QED) is 0.583. The van der Waals surface area contributed by atoms with Gasteiger partial charge in [-0.3, -0.25) is 14.9 Å². The summed E-state index contributed by atoms with van der Waals surface area (Å²) in [7, 11) is 1.43. The molecule has 1 fully saturated rings. The molecule has 7 heteroatoms. The average molecular weight is 281 g/mol.